The fourth-order valence-corrected chi connectivity index (χ4v) is 2.78. The molecule has 9 heteroatoms. The maximum absolute atomic E-state index is 12.3. The number of para-hydroxylation sites is 1. The third kappa shape index (κ3) is 5.99. The second-order valence-electron chi connectivity index (χ2n) is 7.05. The van der Waals surface area contributed by atoms with Crippen LogP contribution >= 0.6 is 0 Å². The number of carbonyl (C=O) groups excluding carboxylic acids is 2. The molecule has 0 aliphatic heterocycles. The molecule has 1 amide bonds. The first-order valence-electron chi connectivity index (χ1n) is 9.69. The highest BCUT2D eigenvalue weighted by Crippen LogP contribution is 2.18. The lowest BCUT2D eigenvalue weighted by Crippen LogP contribution is -2.39. The van der Waals surface area contributed by atoms with Crippen molar-refractivity contribution in [1.82, 2.24) is 20.3 Å². The Bertz CT molecular complexity index is 1100. The number of amides is 1. The van der Waals surface area contributed by atoms with Gasteiger partial charge in [0.25, 0.3) is 5.91 Å². The summed E-state index contributed by atoms with van der Waals surface area (Å²) in [6, 6.07) is 13.9. The molecule has 0 spiro atoms. The maximum Gasteiger partial charge on any atom is 0.328 e. The van der Waals surface area contributed by atoms with Crippen molar-refractivity contribution in [2.24, 2.45) is 0 Å². The molecule has 0 aliphatic rings. The Kier molecular flexibility index (Phi) is 6.76. The van der Waals surface area contributed by atoms with Crippen molar-refractivity contribution in [2.75, 3.05) is 11.1 Å². The SMILES string of the molecule is Cc1cccc(C(=O)N[C@@H](C)C(=O)OCc2nc(N)nc(Nc3ccccc3C)n2)c1. The first kappa shape index (κ1) is 21.7. The van der Waals surface area contributed by atoms with Crippen LogP contribution in [0, 0.1) is 13.8 Å². The number of nitrogens with zero attached hydrogens (tertiary/aromatic N) is 3. The van der Waals surface area contributed by atoms with Crippen molar-refractivity contribution < 1.29 is 14.3 Å². The average Bonchev–Trinajstić information content (AvgIpc) is 2.73. The lowest BCUT2D eigenvalue weighted by atomic mass is 10.1. The number of hydrogen-bond acceptors (Lipinski definition) is 8. The molecule has 1 aromatic heterocycles. The van der Waals surface area contributed by atoms with Gasteiger partial charge in [0.05, 0.1) is 0 Å². The number of nitrogen functional groups attached to an aromatic ring is 1. The van der Waals surface area contributed by atoms with Gasteiger partial charge in [0.1, 0.15) is 6.04 Å². The van der Waals surface area contributed by atoms with E-state index in [0.717, 1.165) is 16.8 Å². The summed E-state index contributed by atoms with van der Waals surface area (Å²) >= 11 is 0. The number of benzene rings is 2. The van der Waals surface area contributed by atoms with E-state index in [1.807, 2.05) is 44.2 Å². The highest BCUT2D eigenvalue weighted by Gasteiger charge is 2.19. The van der Waals surface area contributed by atoms with Crippen LogP contribution in [0.3, 0.4) is 0 Å². The van der Waals surface area contributed by atoms with Gasteiger partial charge in [-0.25, -0.2) is 4.79 Å². The summed E-state index contributed by atoms with van der Waals surface area (Å²) in [4.78, 5) is 36.9. The predicted octanol–water partition coefficient (Wildman–Crippen LogP) is 2.68. The summed E-state index contributed by atoms with van der Waals surface area (Å²) < 4.78 is 5.24. The van der Waals surface area contributed by atoms with Crippen LogP contribution in [0.5, 0.6) is 0 Å². The van der Waals surface area contributed by atoms with E-state index in [9.17, 15) is 9.59 Å². The number of esters is 1. The molecule has 9 nitrogen and oxygen atoms in total. The number of rotatable bonds is 7. The number of aromatic nitrogens is 3. The second kappa shape index (κ2) is 9.66. The highest BCUT2D eigenvalue weighted by molar-refractivity contribution is 5.96. The average molecular weight is 420 g/mol. The largest absolute Gasteiger partial charge is 0.456 e. The van der Waals surface area contributed by atoms with Crippen LogP contribution < -0.4 is 16.4 Å². The first-order chi connectivity index (χ1) is 14.8. The summed E-state index contributed by atoms with van der Waals surface area (Å²) in [6.07, 6.45) is 0. The number of nitrogens with two attached hydrogens (primary N) is 1. The number of nitrogens with one attached hydrogen (secondary N) is 2. The van der Waals surface area contributed by atoms with Crippen LogP contribution in [0.2, 0.25) is 0 Å². The topological polar surface area (TPSA) is 132 Å². The van der Waals surface area contributed by atoms with Crippen LogP contribution in [0.25, 0.3) is 0 Å². The number of carbonyl (C=O) groups is 2. The molecule has 3 aromatic rings. The van der Waals surface area contributed by atoms with E-state index in [-0.39, 0.29) is 30.2 Å². The molecule has 0 bridgehead atoms. The van der Waals surface area contributed by atoms with E-state index in [1.165, 1.54) is 0 Å². The first-order valence-corrected chi connectivity index (χ1v) is 9.69. The fourth-order valence-electron chi connectivity index (χ4n) is 2.78. The lowest BCUT2D eigenvalue weighted by Gasteiger charge is -2.14. The fraction of sp³-hybridized carbons (Fsp3) is 0.227. The van der Waals surface area contributed by atoms with Gasteiger partial charge in [-0.3, -0.25) is 4.79 Å². The van der Waals surface area contributed by atoms with Crippen LogP contribution in [-0.4, -0.2) is 32.9 Å². The van der Waals surface area contributed by atoms with Crippen molar-refractivity contribution in [3.05, 3.63) is 71.0 Å². The van der Waals surface area contributed by atoms with Gasteiger partial charge in [-0.15, -0.1) is 0 Å². The number of aryl methyl sites for hydroxylation is 2. The van der Waals surface area contributed by atoms with Gasteiger partial charge < -0.3 is 21.1 Å². The molecule has 0 fully saturated rings. The molecule has 0 unspecified atom stereocenters. The van der Waals surface area contributed by atoms with Gasteiger partial charge in [-0.05, 0) is 44.5 Å². The lowest BCUT2D eigenvalue weighted by molar-refractivity contribution is -0.147. The van der Waals surface area contributed by atoms with E-state index in [4.69, 9.17) is 10.5 Å². The zero-order valence-corrected chi connectivity index (χ0v) is 17.5. The molecular weight excluding hydrogens is 396 g/mol. The van der Waals surface area contributed by atoms with Gasteiger partial charge in [0, 0.05) is 11.3 Å². The summed E-state index contributed by atoms with van der Waals surface area (Å²) in [6.45, 7) is 5.17. The van der Waals surface area contributed by atoms with Crippen molar-refractivity contribution in [3.63, 3.8) is 0 Å². The molecule has 1 atom stereocenters. The highest BCUT2D eigenvalue weighted by atomic mass is 16.5. The quantitative estimate of drug-likeness (QED) is 0.497. The van der Waals surface area contributed by atoms with Crippen LogP contribution in [0.4, 0.5) is 17.6 Å². The van der Waals surface area contributed by atoms with Gasteiger partial charge >= 0.3 is 5.97 Å². The number of anilines is 3. The van der Waals surface area contributed by atoms with Crippen LogP contribution in [-0.2, 0) is 16.1 Å². The zero-order valence-electron chi connectivity index (χ0n) is 17.5. The molecule has 0 aliphatic carbocycles. The maximum atomic E-state index is 12.3. The predicted molar refractivity (Wildman–Crippen MR) is 117 cm³/mol. The Balaban J connectivity index is 1.60. The number of ether oxygens (including phenoxy) is 1. The molecule has 0 saturated carbocycles. The Morgan fingerprint density at radius 3 is 2.58 bits per heavy atom. The van der Waals surface area contributed by atoms with Crippen molar-refractivity contribution >= 4 is 29.5 Å². The summed E-state index contributed by atoms with van der Waals surface area (Å²) in [7, 11) is 0. The molecule has 0 saturated heterocycles. The van der Waals surface area contributed by atoms with Crippen LogP contribution in [0.1, 0.15) is 34.2 Å². The smallest absolute Gasteiger partial charge is 0.328 e. The van der Waals surface area contributed by atoms with Gasteiger partial charge in [0.15, 0.2) is 12.4 Å². The third-order valence-corrected chi connectivity index (χ3v) is 4.42. The Morgan fingerprint density at radius 1 is 1.06 bits per heavy atom. The second-order valence-corrected chi connectivity index (χ2v) is 7.05. The minimum Gasteiger partial charge on any atom is -0.456 e. The summed E-state index contributed by atoms with van der Waals surface area (Å²) in [5, 5.41) is 5.69. The zero-order chi connectivity index (χ0) is 22.4. The Labute approximate surface area is 180 Å². The standard InChI is InChI=1S/C22H24N6O3/c1-13-7-6-9-16(11-13)19(29)24-15(3)20(30)31-12-18-26-21(23)28-22(27-18)25-17-10-5-4-8-14(17)2/h4-11,15H,12H2,1-3H3,(H,24,29)(H3,23,25,26,27,28)/t15-/m0/s1. The molecule has 0 radical (unpaired) electrons. The van der Waals surface area contributed by atoms with Gasteiger partial charge in [-0.1, -0.05) is 35.9 Å². The van der Waals surface area contributed by atoms with E-state index in [1.54, 1.807) is 25.1 Å². The third-order valence-electron chi connectivity index (χ3n) is 4.42. The summed E-state index contributed by atoms with van der Waals surface area (Å²) in [5.74, 6) is -0.545. The molecule has 31 heavy (non-hydrogen) atoms. The minimum absolute atomic E-state index is 0.00191. The number of hydrogen-bond donors (Lipinski definition) is 3. The Morgan fingerprint density at radius 2 is 1.84 bits per heavy atom. The van der Waals surface area contributed by atoms with Gasteiger partial charge in [0.2, 0.25) is 11.9 Å². The molecule has 3 rings (SSSR count). The van der Waals surface area contributed by atoms with Crippen molar-refractivity contribution in [2.45, 2.75) is 33.4 Å². The Hall–Kier alpha value is -4.01. The normalized spacial score (nSPS) is 11.5. The van der Waals surface area contributed by atoms with Crippen molar-refractivity contribution in [1.29, 1.82) is 0 Å². The van der Waals surface area contributed by atoms with E-state index in [2.05, 4.69) is 25.6 Å². The molecule has 2 aromatic carbocycles. The van der Waals surface area contributed by atoms with Crippen LogP contribution in [0.15, 0.2) is 48.5 Å². The van der Waals surface area contributed by atoms with E-state index in [0.29, 0.717) is 5.56 Å². The monoisotopic (exact) mass is 420 g/mol. The molecule has 1 heterocycles. The minimum atomic E-state index is -0.850. The summed E-state index contributed by atoms with van der Waals surface area (Å²) in [5.41, 5.74) is 9.01. The molecule has 4 N–H and O–H groups in total. The van der Waals surface area contributed by atoms with E-state index < -0.39 is 12.0 Å². The van der Waals surface area contributed by atoms with Gasteiger partial charge in [-0.2, -0.15) is 15.0 Å². The van der Waals surface area contributed by atoms with Crippen molar-refractivity contribution in [3.8, 4) is 0 Å². The van der Waals surface area contributed by atoms with E-state index >= 15 is 0 Å². The molecule has 160 valence electrons. The molecular formula is C22H24N6O3.